The van der Waals surface area contributed by atoms with Crippen LogP contribution in [-0.4, -0.2) is 91.3 Å². The average Bonchev–Trinajstić information content (AvgIpc) is 2.16. The summed E-state index contributed by atoms with van der Waals surface area (Å²) in [5.74, 6) is -2.62. The minimum atomic E-state index is -1.31. The van der Waals surface area contributed by atoms with Crippen LogP contribution < -0.4 is 0 Å². The first kappa shape index (κ1) is 23.3. The Balaban J connectivity index is -0.000000224. The molecule has 0 bridgehead atoms. The SMILES string of the molecule is O=C(O)CC(=O)O.[KH].[Li][CH](CC)CCCCC. The zero-order chi connectivity index (χ0) is 13.0. The average molecular weight is 264 g/mol. The fraction of sp³-hybridized carbons (Fsp3) is 0.818. The predicted octanol–water partition coefficient (Wildman–Crippen LogP) is 1.83. The van der Waals surface area contributed by atoms with Gasteiger partial charge in [0.2, 0.25) is 0 Å². The minimum absolute atomic E-state index is 0. The summed E-state index contributed by atoms with van der Waals surface area (Å²) in [6.45, 7) is 4.53. The number of rotatable bonds is 7. The molecule has 0 saturated heterocycles. The summed E-state index contributed by atoms with van der Waals surface area (Å²) < 4.78 is 0.955. The van der Waals surface area contributed by atoms with E-state index < -0.39 is 18.4 Å². The van der Waals surface area contributed by atoms with Gasteiger partial charge >= 0.3 is 132 Å². The Labute approximate surface area is 156 Å². The van der Waals surface area contributed by atoms with E-state index >= 15 is 0 Å². The topological polar surface area (TPSA) is 74.6 Å². The van der Waals surface area contributed by atoms with Gasteiger partial charge in [0.05, 0.1) is 0 Å². The van der Waals surface area contributed by atoms with Crippen molar-refractivity contribution in [2.75, 3.05) is 0 Å². The third kappa shape index (κ3) is 26.7. The van der Waals surface area contributed by atoms with E-state index in [2.05, 4.69) is 31.6 Å². The molecule has 92 valence electrons. The molecule has 4 nitrogen and oxygen atoms in total. The van der Waals surface area contributed by atoms with Crippen LogP contribution in [-0.2, 0) is 9.59 Å². The third-order valence-corrected chi connectivity index (χ3v) is 2.30. The van der Waals surface area contributed by atoms with Gasteiger partial charge in [-0.1, -0.05) is 0 Å². The van der Waals surface area contributed by atoms with Crippen molar-refractivity contribution in [3.63, 3.8) is 0 Å². The van der Waals surface area contributed by atoms with Crippen molar-refractivity contribution in [2.24, 2.45) is 0 Å². The molecule has 0 aliphatic carbocycles. The molecule has 0 spiro atoms. The normalized spacial score (nSPS) is 10.6. The molecule has 2 N–H and O–H groups in total. The quantitative estimate of drug-likeness (QED) is 0.418. The number of aliphatic carboxylic acids is 2. The van der Waals surface area contributed by atoms with Crippen LogP contribution in [0.4, 0.5) is 0 Å². The summed E-state index contributed by atoms with van der Waals surface area (Å²) in [6.07, 6.45) is 6.19. The Morgan fingerprint density at radius 3 is 1.82 bits per heavy atom. The zero-order valence-electron chi connectivity index (χ0n) is 10.5. The maximum atomic E-state index is 9.43. The van der Waals surface area contributed by atoms with Crippen LogP contribution in [0.25, 0.3) is 0 Å². The van der Waals surface area contributed by atoms with E-state index in [-0.39, 0.29) is 51.4 Å². The van der Waals surface area contributed by atoms with Crippen LogP contribution in [0.2, 0.25) is 4.59 Å². The Bertz CT molecular complexity index is 188. The van der Waals surface area contributed by atoms with Gasteiger partial charge in [-0.25, -0.2) is 0 Å². The van der Waals surface area contributed by atoms with E-state index in [0.29, 0.717) is 0 Å². The van der Waals surface area contributed by atoms with Crippen molar-refractivity contribution in [1.29, 1.82) is 0 Å². The molecule has 0 aromatic heterocycles. The van der Waals surface area contributed by atoms with Gasteiger partial charge in [-0.15, -0.1) is 0 Å². The fourth-order valence-electron chi connectivity index (χ4n) is 1.08. The van der Waals surface area contributed by atoms with Gasteiger partial charge in [0.15, 0.2) is 0 Å². The summed E-state index contributed by atoms with van der Waals surface area (Å²) in [5.41, 5.74) is 0. The molecular weight excluding hydrogens is 242 g/mol. The van der Waals surface area contributed by atoms with Crippen molar-refractivity contribution in [1.82, 2.24) is 0 Å². The molecule has 6 heteroatoms. The zero-order valence-corrected chi connectivity index (χ0v) is 10.5. The molecule has 0 amide bonds. The van der Waals surface area contributed by atoms with Gasteiger partial charge in [-0.2, -0.15) is 0 Å². The van der Waals surface area contributed by atoms with Crippen molar-refractivity contribution in [3.05, 3.63) is 0 Å². The summed E-state index contributed by atoms with van der Waals surface area (Å²) in [6, 6.07) is 0. The molecule has 0 heterocycles. The van der Waals surface area contributed by atoms with E-state index in [1.807, 2.05) is 0 Å². The van der Waals surface area contributed by atoms with Crippen LogP contribution in [0.5, 0.6) is 0 Å². The Kier molecular flexibility index (Phi) is 23.5. The summed E-state index contributed by atoms with van der Waals surface area (Å²) in [5, 5.41) is 15.4. The Morgan fingerprint density at radius 1 is 1.12 bits per heavy atom. The Hall–Kier alpha value is 1.17. The second-order valence-corrected chi connectivity index (χ2v) is 3.97. The van der Waals surface area contributed by atoms with E-state index in [0.717, 1.165) is 4.59 Å². The monoisotopic (exact) mass is 264 g/mol. The fourth-order valence-corrected chi connectivity index (χ4v) is 1.08. The van der Waals surface area contributed by atoms with Crippen LogP contribution >= 0.6 is 0 Å². The van der Waals surface area contributed by atoms with Crippen molar-refractivity contribution >= 4 is 81.0 Å². The van der Waals surface area contributed by atoms with E-state index in [9.17, 15) is 9.59 Å². The van der Waals surface area contributed by atoms with Gasteiger partial charge in [-0.3, -0.25) is 9.59 Å². The second kappa shape index (κ2) is 17.2. The van der Waals surface area contributed by atoms with Gasteiger partial charge in [0.1, 0.15) is 6.42 Å². The molecule has 0 fully saturated rings. The molecule has 17 heavy (non-hydrogen) atoms. The molecule has 0 aliphatic heterocycles. The second-order valence-electron chi connectivity index (χ2n) is 3.97. The van der Waals surface area contributed by atoms with Gasteiger partial charge in [0.25, 0.3) is 0 Å². The third-order valence-electron chi connectivity index (χ3n) is 2.30. The van der Waals surface area contributed by atoms with Crippen molar-refractivity contribution < 1.29 is 19.8 Å². The number of unbranched alkanes of at least 4 members (excludes halogenated alkanes) is 2. The first-order valence-electron chi connectivity index (χ1n) is 5.87. The summed E-state index contributed by atoms with van der Waals surface area (Å²) in [7, 11) is 0. The van der Waals surface area contributed by atoms with Crippen LogP contribution in [0.1, 0.15) is 52.4 Å². The number of hydrogen-bond acceptors (Lipinski definition) is 2. The van der Waals surface area contributed by atoms with E-state index in [4.69, 9.17) is 10.2 Å². The molecule has 0 rings (SSSR count). The van der Waals surface area contributed by atoms with E-state index in [1.54, 1.807) is 0 Å². The molecule has 0 aromatic carbocycles. The number of carboxylic acid groups (broad SMARTS) is 2. The van der Waals surface area contributed by atoms with Crippen molar-refractivity contribution in [3.8, 4) is 0 Å². The Morgan fingerprint density at radius 2 is 1.59 bits per heavy atom. The van der Waals surface area contributed by atoms with Gasteiger partial charge in [-0.05, 0) is 0 Å². The van der Waals surface area contributed by atoms with Crippen LogP contribution in [0, 0.1) is 0 Å². The van der Waals surface area contributed by atoms with Crippen LogP contribution in [0.3, 0.4) is 0 Å². The molecule has 0 aliphatic rings. The number of carbonyl (C=O) groups is 2. The maximum absolute atomic E-state index is 9.43. The molecule has 0 radical (unpaired) electrons. The van der Waals surface area contributed by atoms with Gasteiger partial charge in [0, 0.05) is 0 Å². The molecule has 1 unspecified atom stereocenters. The molecular formula is C11H22KLiO4. The summed E-state index contributed by atoms with van der Waals surface area (Å²) in [4.78, 5) is 18.9. The van der Waals surface area contributed by atoms with Crippen LogP contribution in [0.15, 0.2) is 0 Å². The van der Waals surface area contributed by atoms with E-state index in [1.165, 1.54) is 32.1 Å². The number of hydrogen-bond donors (Lipinski definition) is 2. The van der Waals surface area contributed by atoms with Crippen molar-refractivity contribution in [2.45, 2.75) is 57.0 Å². The standard InChI is InChI=1S/C8H17.C3H4O4.K.Li.H/c1-3-5-7-8-6-4-2;4-2(5)1-3(6)7;;;/h5H,3-4,6-8H2,1-2H3;1H2,(H,4,5)(H,6,7);;;. The summed E-state index contributed by atoms with van der Waals surface area (Å²) >= 11 is 2.34. The molecule has 1 atom stereocenters. The molecule has 0 aromatic rings. The first-order valence-corrected chi connectivity index (χ1v) is 5.87. The number of carboxylic acids is 2. The first-order chi connectivity index (χ1) is 7.43. The van der Waals surface area contributed by atoms with Gasteiger partial charge < -0.3 is 10.2 Å². The predicted molar refractivity (Wildman–Crippen MR) is 71.0 cm³/mol. The molecule has 0 saturated carbocycles.